The van der Waals surface area contributed by atoms with Gasteiger partial charge in [-0.05, 0) is 46.1 Å². The molecule has 0 bridgehead atoms. The van der Waals surface area contributed by atoms with Crippen LogP contribution in [0.4, 0.5) is 0 Å². The minimum Gasteiger partial charge on any atom is -0.207 e. The van der Waals surface area contributed by atoms with E-state index in [1.54, 1.807) is 26.1 Å². The number of hydrogen-bond donors (Lipinski definition) is 0. The quantitative estimate of drug-likeness (QED) is 0.689. The van der Waals surface area contributed by atoms with Crippen molar-refractivity contribution < 1.29 is 8.42 Å². The van der Waals surface area contributed by atoms with Crippen molar-refractivity contribution in [1.29, 1.82) is 0 Å². The van der Waals surface area contributed by atoms with Crippen LogP contribution in [0.15, 0.2) is 39.0 Å². The van der Waals surface area contributed by atoms with Gasteiger partial charge in [0.15, 0.2) is 0 Å². The molecule has 0 aliphatic heterocycles. The summed E-state index contributed by atoms with van der Waals surface area (Å²) in [5.41, 5.74) is 1.52. The fraction of sp³-hybridized carbons (Fsp3) is 0.286. The average Bonchev–Trinajstić information content (AvgIpc) is 2.84. The molecule has 1 heterocycles. The Labute approximate surface area is 142 Å². The molecule has 7 heteroatoms. The standard InChI is InChI=1S/C14H15BrClNO2S2/c1-10-3-4-11(7-16)5-14(10)21(18,19)17(2)8-13-6-12(15)9-20-13/h3-6,9H,7-8H2,1-2H3. The van der Waals surface area contributed by atoms with Gasteiger partial charge in [0.05, 0.1) is 4.90 Å². The molecule has 0 N–H and O–H groups in total. The third-order valence-electron chi connectivity index (χ3n) is 3.10. The summed E-state index contributed by atoms with van der Waals surface area (Å²) in [7, 11) is -1.93. The van der Waals surface area contributed by atoms with E-state index in [4.69, 9.17) is 11.6 Å². The molecule has 1 aromatic heterocycles. The Bertz CT molecular complexity index is 743. The SMILES string of the molecule is Cc1ccc(CCl)cc1S(=O)(=O)N(C)Cc1cc(Br)cs1. The lowest BCUT2D eigenvalue weighted by Gasteiger charge is -2.18. The van der Waals surface area contributed by atoms with Gasteiger partial charge in [0.1, 0.15) is 0 Å². The van der Waals surface area contributed by atoms with Crippen molar-refractivity contribution >= 4 is 48.9 Å². The Balaban J connectivity index is 2.32. The van der Waals surface area contributed by atoms with Crippen LogP contribution in [-0.2, 0) is 22.4 Å². The smallest absolute Gasteiger partial charge is 0.207 e. The summed E-state index contributed by atoms with van der Waals surface area (Å²) < 4.78 is 27.7. The van der Waals surface area contributed by atoms with Crippen molar-refractivity contribution in [2.75, 3.05) is 7.05 Å². The zero-order chi connectivity index (χ0) is 15.6. The number of aryl methyl sites for hydroxylation is 1. The molecule has 0 aliphatic rings. The molecule has 1 aromatic carbocycles. The molecule has 0 saturated carbocycles. The molecule has 21 heavy (non-hydrogen) atoms. The maximum atomic E-state index is 12.7. The minimum absolute atomic E-state index is 0.296. The highest BCUT2D eigenvalue weighted by molar-refractivity contribution is 9.10. The Morgan fingerprint density at radius 2 is 2.05 bits per heavy atom. The van der Waals surface area contributed by atoms with E-state index in [9.17, 15) is 8.42 Å². The third kappa shape index (κ3) is 3.87. The fourth-order valence-electron chi connectivity index (χ4n) is 1.91. The molecular formula is C14H15BrClNO2S2. The molecule has 0 amide bonds. The maximum Gasteiger partial charge on any atom is 0.243 e. The van der Waals surface area contributed by atoms with Gasteiger partial charge < -0.3 is 0 Å². The Morgan fingerprint density at radius 1 is 1.33 bits per heavy atom. The van der Waals surface area contributed by atoms with Gasteiger partial charge in [-0.15, -0.1) is 22.9 Å². The van der Waals surface area contributed by atoms with Gasteiger partial charge in [0.2, 0.25) is 10.0 Å². The number of thiophene rings is 1. The molecule has 2 aromatic rings. The van der Waals surface area contributed by atoms with E-state index in [0.29, 0.717) is 17.3 Å². The van der Waals surface area contributed by atoms with E-state index >= 15 is 0 Å². The van der Waals surface area contributed by atoms with Gasteiger partial charge in [-0.3, -0.25) is 0 Å². The van der Waals surface area contributed by atoms with Crippen molar-refractivity contribution in [3.8, 4) is 0 Å². The molecule has 114 valence electrons. The van der Waals surface area contributed by atoms with Crippen LogP contribution in [0.25, 0.3) is 0 Å². The second-order valence-corrected chi connectivity index (χ2v) is 8.92. The molecule has 0 atom stereocenters. The summed E-state index contributed by atoms with van der Waals surface area (Å²) >= 11 is 10.7. The Kier molecular flexibility index (Phi) is 5.48. The van der Waals surface area contributed by atoms with Gasteiger partial charge in [-0.2, -0.15) is 4.31 Å². The van der Waals surface area contributed by atoms with Crippen LogP contribution in [0.3, 0.4) is 0 Å². The van der Waals surface area contributed by atoms with Crippen LogP contribution in [-0.4, -0.2) is 19.8 Å². The molecule has 0 aliphatic carbocycles. The number of sulfonamides is 1. The number of hydrogen-bond acceptors (Lipinski definition) is 3. The number of nitrogens with zero attached hydrogens (tertiary/aromatic N) is 1. The van der Waals surface area contributed by atoms with E-state index in [-0.39, 0.29) is 0 Å². The van der Waals surface area contributed by atoms with Gasteiger partial charge in [0.25, 0.3) is 0 Å². The lowest BCUT2D eigenvalue weighted by molar-refractivity contribution is 0.469. The van der Waals surface area contributed by atoms with Crippen molar-refractivity contribution in [2.24, 2.45) is 0 Å². The minimum atomic E-state index is -3.53. The molecule has 0 fully saturated rings. The van der Waals surface area contributed by atoms with Crippen LogP contribution in [0.1, 0.15) is 16.0 Å². The van der Waals surface area contributed by atoms with Crippen LogP contribution in [0, 0.1) is 6.92 Å². The number of alkyl halides is 1. The normalized spacial score (nSPS) is 12.0. The summed E-state index contributed by atoms with van der Waals surface area (Å²) in [5.74, 6) is 0.296. The van der Waals surface area contributed by atoms with E-state index in [0.717, 1.165) is 20.5 Å². The highest BCUT2D eigenvalue weighted by Crippen LogP contribution is 2.25. The number of benzene rings is 1. The molecule has 0 spiro atoms. The predicted molar refractivity (Wildman–Crippen MR) is 91.4 cm³/mol. The van der Waals surface area contributed by atoms with Crippen molar-refractivity contribution in [1.82, 2.24) is 4.31 Å². The topological polar surface area (TPSA) is 37.4 Å². The second-order valence-electron chi connectivity index (χ2n) is 4.73. The zero-order valence-electron chi connectivity index (χ0n) is 11.6. The molecule has 0 unspecified atom stereocenters. The first kappa shape index (κ1) is 17.0. The maximum absolute atomic E-state index is 12.7. The molecule has 2 rings (SSSR count). The molecule has 3 nitrogen and oxygen atoms in total. The first-order chi connectivity index (χ1) is 9.84. The van der Waals surface area contributed by atoms with Crippen LogP contribution >= 0.6 is 38.9 Å². The van der Waals surface area contributed by atoms with Crippen LogP contribution in [0.5, 0.6) is 0 Å². The first-order valence-electron chi connectivity index (χ1n) is 6.19. The van der Waals surface area contributed by atoms with Gasteiger partial charge in [0, 0.05) is 34.2 Å². The molecular weight excluding hydrogens is 394 g/mol. The second kappa shape index (κ2) is 6.79. The monoisotopic (exact) mass is 407 g/mol. The van der Waals surface area contributed by atoms with Crippen LogP contribution in [0.2, 0.25) is 0 Å². The highest BCUT2D eigenvalue weighted by atomic mass is 79.9. The van der Waals surface area contributed by atoms with Gasteiger partial charge in [-0.25, -0.2) is 8.42 Å². The summed E-state index contributed by atoms with van der Waals surface area (Å²) in [6.45, 7) is 2.14. The van der Waals surface area contributed by atoms with E-state index < -0.39 is 10.0 Å². The van der Waals surface area contributed by atoms with Crippen LogP contribution < -0.4 is 0 Å². The van der Waals surface area contributed by atoms with E-state index in [2.05, 4.69) is 15.9 Å². The lowest BCUT2D eigenvalue weighted by Crippen LogP contribution is -2.26. The fourth-order valence-corrected chi connectivity index (χ4v) is 5.09. The average molecular weight is 409 g/mol. The Morgan fingerprint density at radius 3 is 2.62 bits per heavy atom. The zero-order valence-corrected chi connectivity index (χ0v) is 15.6. The number of rotatable bonds is 5. The van der Waals surface area contributed by atoms with E-state index in [1.165, 1.54) is 15.6 Å². The summed E-state index contributed by atoms with van der Waals surface area (Å²) in [5, 5.41) is 1.94. The summed E-state index contributed by atoms with van der Waals surface area (Å²) in [6, 6.07) is 7.22. The molecule has 0 radical (unpaired) electrons. The summed E-state index contributed by atoms with van der Waals surface area (Å²) in [6.07, 6.45) is 0. The number of halogens is 2. The van der Waals surface area contributed by atoms with E-state index in [1.807, 2.05) is 17.5 Å². The summed E-state index contributed by atoms with van der Waals surface area (Å²) in [4.78, 5) is 1.30. The lowest BCUT2D eigenvalue weighted by atomic mass is 10.2. The molecule has 0 saturated heterocycles. The predicted octanol–water partition coefficient (Wildman–Crippen LogP) is 4.38. The van der Waals surface area contributed by atoms with Crippen molar-refractivity contribution in [3.05, 3.63) is 50.1 Å². The highest BCUT2D eigenvalue weighted by Gasteiger charge is 2.23. The first-order valence-corrected chi connectivity index (χ1v) is 9.84. The van der Waals surface area contributed by atoms with Crippen molar-refractivity contribution in [2.45, 2.75) is 24.2 Å². The Hall–Kier alpha value is -0.400. The largest absolute Gasteiger partial charge is 0.243 e. The van der Waals surface area contributed by atoms with Gasteiger partial charge >= 0.3 is 0 Å². The third-order valence-corrected chi connectivity index (χ3v) is 7.03. The van der Waals surface area contributed by atoms with Gasteiger partial charge in [-0.1, -0.05) is 12.1 Å². The van der Waals surface area contributed by atoms with Crippen molar-refractivity contribution in [3.63, 3.8) is 0 Å².